The fourth-order valence-corrected chi connectivity index (χ4v) is 3.97. The minimum absolute atomic E-state index is 0.164. The van der Waals surface area contributed by atoms with Crippen LogP contribution in [0.4, 0.5) is 0 Å². The van der Waals surface area contributed by atoms with Crippen LogP contribution in [0.3, 0.4) is 0 Å². The smallest absolute Gasteiger partial charge is 0.107 e. The molecule has 1 unspecified atom stereocenters. The first-order chi connectivity index (χ1) is 8.99. The van der Waals surface area contributed by atoms with Crippen molar-refractivity contribution in [2.45, 2.75) is 52.0 Å². The molecule has 1 fully saturated rings. The zero-order valence-electron chi connectivity index (χ0n) is 12.3. The predicted octanol–water partition coefficient (Wildman–Crippen LogP) is 4.28. The van der Waals surface area contributed by atoms with E-state index >= 15 is 0 Å². The molecular weight excluding hydrogens is 276 g/mol. The number of halogens is 1. The molecular formula is C15H25ClN2S. The fraction of sp³-hybridized carbons (Fsp3) is 0.800. The van der Waals surface area contributed by atoms with Gasteiger partial charge in [0.05, 0.1) is 12.2 Å². The molecule has 0 spiro atoms. The van der Waals surface area contributed by atoms with Gasteiger partial charge in [-0.3, -0.25) is 4.90 Å². The Labute approximate surface area is 126 Å². The Hall–Kier alpha value is -0.120. The van der Waals surface area contributed by atoms with Crippen LogP contribution in [-0.2, 0) is 12.0 Å². The predicted molar refractivity (Wildman–Crippen MR) is 84.2 cm³/mol. The highest BCUT2D eigenvalue weighted by atomic mass is 35.5. The maximum atomic E-state index is 5.87. The van der Waals surface area contributed by atoms with Crippen molar-refractivity contribution in [3.05, 3.63) is 16.1 Å². The van der Waals surface area contributed by atoms with Gasteiger partial charge in [-0.2, -0.15) is 0 Å². The Bertz CT molecular complexity index is 395. The molecule has 1 aromatic heterocycles. The lowest BCUT2D eigenvalue weighted by atomic mass is 9.93. The molecule has 1 atom stereocenters. The molecule has 0 amide bonds. The molecule has 0 aliphatic carbocycles. The van der Waals surface area contributed by atoms with Gasteiger partial charge >= 0.3 is 0 Å². The number of alkyl halides is 1. The topological polar surface area (TPSA) is 16.1 Å². The largest absolute Gasteiger partial charge is 0.296 e. The van der Waals surface area contributed by atoms with Crippen molar-refractivity contribution in [2.24, 2.45) is 5.92 Å². The van der Waals surface area contributed by atoms with E-state index in [1.54, 1.807) is 11.3 Å². The standard InChI is InChI=1S/C15H25ClN2S/c1-15(2,3)13-11-19-14(17-13)10-18-8-4-5-12(9-18)6-7-16/h11-12H,4-10H2,1-3H3. The molecule has 2 heterocycles. The molecule has 2 rings (SSSR count). The van der Waals surface area contributed by atoms with Crippen molar-refractivity contribution >= 4 is 22.9 Å². The van der Waals surface area contributed by atoms with Crippen molar-refractivity contribution in [3.63, 3.8) is 0 Å². The number of likely N-dealkylation sites (tertiary alicyclic amines) is 1. The second-order valence-corrected chi connectivity index (χ2v) is 7.92. The van der Waals surface area contributed by atoms with E-state index in [-0.39, 0.29) is 5.41 Å². The zero-order chi connectivity index (χ0) is 13.9. The molecule has 1 aliphatic heterocycles. The first-order valence-electron chi connectivity index (χ1n) is 7.22. The van der Waals surface area contributed by atoms with Gasteiger partial charge < -0.3 is 0 Å². The van der Waals surface area contributed by atoms with Gasteiger partial charge in [-0.15, -0.1) is 22.9 Å². The minimum Gasteiger partial charge on any atom is -0.296 e. The molecule has 19 heavy (non-hydrogen) atoms. The van der Waals surface area contributed by atoms with Crippen molar-refractivity contribution in [1.82, 2.24) is 9.88 Å². The monoisotopic (exact) mass is 300 g/mol. The maximum absolute atomic E-state index is 5.87. The van der Waals surface area contributed by atoms with Gasteiger partial charge in [-0.05, 0) is 31.7 Å². The lowest BCUT2D eigenvalue weighted by molar-refractivity contribution is 0.165. The zero-order valence-corrected chi connectivity index (χ0v) is 13.9. The fourth-order valence-electron chi connectivity index (χ4n) is 2.60. The Morgan fingerprint density at radius 3 is 2.89 bits per heavy atom. The molecule has 0 N–H and O–H groups in total. The van der Waals surface area contributed by atoms with E-state index in [1.807, 2.05) is 0 Å². The summed E-state index contributed by atoms with van der Waals surface area (Å²) >= 11 is 7.67. The van der Waals surface area contributed by atoms with Gasteiger partial charge in [0, 0.05) is 23.2 Å². The summed E-state index contributed by atoms with van der Waals surface area (Å²) in [6.07, 6.45) is 3.80. The van der Waals surface area contributed by atoms with E-state index in [2.05, 4.69) is 31.1 Å². The summed E-state index contributed by atoms with van der Waals surface area (Å²) in [5.41, 5.74) is 1.39. The number of hydrogen-bond donors (Lipinski definition) is 0. The SMILES string of the molecule is CC(C)(C)c1csc(CN2CCCC(CCCl)C2)n1. The highest BCUT2D eigenvalue weighted by Gasteiger charge is 2.22. The van der Waals surface area contributed by atoms with Gasteiger partial charge in [0.15, 0.2) is 0 Å². The molecule has 1 aromatic rings. The van der Waals surface area contributed by atoms with Crippen molar-refractivity contribution in [2.75, 3.05) is 19.0 Å². The third-order valence-corrected chi connectivity index (χ3v) is 4.85. The average Bonchev–Trinajstić information content (AvgIpc) is 2.78. The lowest BCUT2D eigenvalue weighted by Crippen LogP contribution is -2.35. The molecule has 1 aliphatic rings. The summed E-state index contributed by atoms with van der Waals surface area (Å²) in [6, 6.07) is 0. The second kappa shape index (κ2) is 6.55. The van der Waals surface area contributed by atoms with E-state index in [1.165, 1.54) is 36.6 Å². The van der Waals surface area contributed by atoms with E-state index in [9.17, 15) is 0 Å². The number of nitrogens with zero attached hydrogens (tertiary/aromatic N) is 2. The molecule has 0 saturated carbocycles. The van der Waals surface area contributed by atoms with Crippen LogP contribution in [0, 0.1) is 5.92 Å². The van der Waals surface area contributed by atoms with Crippen molar-refractivity contribution in [1.29, 1.82) is 0 Å². The molecule has 2 nitrogen and oxygen atoms in total. The normalized spacial score (nSPS) is 21.8. The number of thiazole rings is 1. The van der Waals surface area contributed by atoms with Crippen molar-refractivity contribution in [3.8, 4) is 0 Å². The van der Waals surface area contributed by atoms with Crippen LogP contribution >= 0.6 is 22.9 Å². The molecule has 4 heteroatoms. The van der Waals surface area contributed by atoms with Crippen LogP contribution in [0.2, 0.25) is 0 Å². The number of piperidine rings is 1. The third kappa shape index (κ3) is 4.44. The third-order valence-electron chi connectivity index (χ3n) is 3.80. The summed E-state index contributed by atoms with van der Waals surface area (Å²) in [7, 11) is 0. The first-order valence-corrected chi connectivity index (χ1v) is 8.63. The number of hydrogen-bond acceptors (Lipinski definition) is 3. The number of aromatic nitrogens is 1. The van der Waals surface area contributed by atoms with Crippen LogP contribution in [-0.4, -0.2) is 28.9 Å². The second-order valence-electron chi connectivity index (χ2n) is 6.60. The van der Waals surface area contributed by atoms with Crippen molar-refractivity contribution < 1.29 is 0 Å². The van der Waals surface area contributed by atoms with Gasteiger partial charge in [-0.25, -0.2) is 4.98 Å². The Morgan fingerprint density at radius 2 is 2.26 bits per heavy atom. The van der Waals surface area contributed by atoms with E-state index in [0.717, 1.165) is 24.8 Å². The molecule has 0 aromatic carbocycles. The lowest BCUT2D eigenvalue weighted by Gasteiger charge is -2.31. The molecule has 0 radical (unpaired) electrons. The van der Waals surface area contributed by atoms with Gasteiger partial charge in [-0.1, -0.05) is 20.8 Å². The van der Waals surface area contributed by atoms with Gasteiger partial charge in [0.1, 0.15) is 5.01 Å². The quantitative estimate of drug-likeness (QED) is 0.772. The first kappa shape index (κ1) is 15.3. The van der Waals surface area contributed by atoms with Crippen LogP contribution in [0.5, 0.6) is 0 Å². The maximum Gasteiger partial charge on any atom is 0.107 e. The Kier molecular flexibility index (Phi) is 5.27. The van der Waals surface area contributed by atoms with E-state index < -0.39 is 0 Å². The van der Waals surface area contributed by atoms with E-state index in [0.29, 0.717) is 0 Å². The highest BCUT2D eigenvalue weighted by molar-refractivity contribution is 7.09. The summed E-state index contributed by atoms with van der Waals surface area (Å²) in [5, 5.41) is 3.48. The summed E-state index contributed by atoms with van der Waals surface area (Å²) in [4.78, 5) is 7.35. The van der Waals surface area contributed by atoms with Gasteiger partial charge in [0.25, 0.3) is 0 Å². The van der Waals surface area contributed by atoms with Crippen LogP contribution in [0.1, 0.15) is 50.7 Å². The number of rotatable bonds is 4. The Balaban J connectivity index is 1.92. The highest BCUT2D eigenvalue weighted by Crippen LogP contribution is 2.26. The minimum atomic E-state index is 0.164. The van der Waals surface area contributed by atoms with Crippen LogP contribution in [0.15, 0.2) is 5.38 Å². The van der Waals surface area contributed by atoms with Crippen LogP contribution in [0.25, 0.3) is 0 Å². The molecule has 0 bridgehead atoms. The van der Waals surface area contributed by atoms with E-state index in [4.69, 9.17) is 16.6 Å². The summed E-state index contributed by atoms with van der Waals surface area (Å²) < 4.78 is 0. The molecule has 1 saturated heterocycles. The van der Waals surface area contributed by atoms with Gasteiger partial charge in [0.2, 0.25) is 0 Å². The Morgan fingerprint density at radius 1 is 1.47 bits per heavy atom. The van der Waals surface area contributed by atoms with Crippen LogP contribution < -0.4 is 0 Å². The summed E-state index contributed by atoms with van der Waals surface area (Å²) in [5.74, 6) is 1.58. The summed E-state index contributed by atoms with van der Waals surface area (Å²) in [6.45, 7) is 10.1. The average molecular weight is 301 g/mol. The molecule has 108 valence electrons.